The van der Waals surface area contributed by atoms with Crippen LogP contribution in [-0.2, 0) is 17.9 Å². The molecule has 0 fully saturated rings. The molecule has 0 saturated carbocycles. The van der Waals surface area contributed by atoms with E-state index in [1.54, 1.807) is 17.5 Å². The standard InChI is InChI=1S/C13H18N4OS/c1-2-5-17-9-10(7-16-17)12(13(14)18)15-8-11-4-3-6-19-11/h3-4,6-7,9,12,15H,2,5,8H2,1H3,(H2,14,18). The largest absolute Gasteiger partial charge is 0.368 e. The Kier molecular flexibility index (Phi) is 4.70. The van der Waals surface area contributed by atoms with Crippen LogP contribution in [0.25, 0.3) is 0 Å². The minimum Gasteiger partial charge on any atom is -0.368 e. The smallest absolute Gasteiger partial charge is 0.239 e. The van der Waals surface area contributed by atoms with Crippen LogP contribution < -0.4 is 11.1 Å². The molecule has 102 valence electrons. The number of carbonyl (C=O) groups is 1. The third-order valence-electron chi connectivity index (χ3n) is 2.78. The first-order valence-corrected chi connectivity index (χ1v) is 7.16. The number of nitrogens with zero attached hydrogens (tertiary/aromatic N) is 2. The molecule has 2 aromatic heterocycles. The third-order valence-corrected chi connectivity index (χ3v) is 3.66. The minimum absolute atomic E-state index is 0.382. The molecule has 5 nitrogen and oxygen atoms in total. The SMILES string of the molecule is CCCn1cc(C(NCc2cccs2)C(N)=O)cn1. The Balaban J connectivity index is 2.04. The predicted molar refractivity (Wildman–Crippen MR) is 75.6 cm³/mol. The van der Waals surface area contributed by atoms with Gasteiger partial charge in [-0.05, 0) is 17.9 Å². The van der Waals surface area contributed by atoms with E-state index in [0.717, 1.165) is 18.5 Å². The summed E-state index contributed by atoms with van der Waals surface area (Å²) in [5.74, 6) is -0.382. The maximum absolute atomic E-state index is 11.6. The van der Waals surface area contributed by atoms with Gasteiger partial charge in [0.2, 0.25) is 5.91 Å². The fourth-order valence-corrected chi connectivity index (χ4v) is 2.53. The molecule has 0 radical (unpaired) electrons. The molecule has 2 rings (SSSR count). The van der Waals surface area contributed by atoms with Gasteiger partial charge in [-0.15, -0.1) is 11.3 Å². The van der Waals surface area contributed by atoms with Crippen LogP contribution in [-0.4, -0.2) is 15.7 Å². The second kappa shape index (κ2) is 6.49. The van der Waals surface area contributed by atoms with Crippen LogP contribution in [0, 0.1) is 0 Å². The van der Waals surface area contributed by atoms with E-state index in [4.69, 9.17) is 5.73 Å². The average Bonchev–Trinajstić information content (AvgIpc) is 3.01. The molecule has 3 N–H and O–H groups in total. The molecule has 1 unspecified atom stereocenters. The van der Waals surface area contributed by atoms with Crippen LogP contribution in [0.4, 0.5) is 0 Å². The number of aromatic nitrogens is 2. The number of carbonyl (C=O) groups excluding carboxylic acids is 1. The van der Waals surface area contributed by atoms with Crippen molar-refractivity contribution < 1.29 is 4.79 Å². The summed E-state index contributed by atoms with van der Waals surface area (Å²) < 4.78 is 1.83. The highest BCUT2D eigenvalue weighted by molar-refractivity contribution is 7.09. The highest BCUT2D eigenvalue weighted by atomic mass is 32.1. The van der Waals surface area contributed by atoms with Gasteiger partial charge in [-0.1, -0.05) is 13.0 Å². The molecule has 19 heavy (non-hydrogen) atoms. The lowest BCUT2D eigenvalue weighted by molar-refractivity contribution is -0.120. The fourth-order valence-electron chi connectivity index (χ4n) is 1.88. The molecule has 6 heteroatoms. The summed E-state index contributed by atoms with van der Waals surface area (Å²) in [6.07, 6.45) is 4.58. The number of nitrogens with two attached hydrogens (primary N) is 1. The van der Waals surface area contributed by atoms with Crippen LogP contribution in [0.15, 0.2) is 29.9 Å². The Labute approximate surface area is 116 Å². The van der Waals surface area contributed by atoms with Gasteiger partial charge in [0.25, 0.3) is 0 Å². The van der Waals surface area contributed by atoms with Crippen molar-refractivity contribution in [2.75, 3.05) is 0 Å². The number of hydrogen-bond donors (Lipinski definition) is 2. The van der Waals surface area contributed by atoms with Crippen molar-refractivity contribution in [1.82, 2.24) is 15.1 Å². The van der Waals surface area contributed by atoms with E-state index in [1.165, 1.54) is 4.88 Å². The molecular weight excluding hydrogens is 260 g/mol. The van der Waals surface area contributed by atoms with E-state index in [1.807, 2.05) is 28.4 Å². The maximum Gasteiger partial charge on any atom is 0.239 e. The molecule has 0 bridgehead atoms. The highest BCUT2D eigenvalue weighted by Gasteiger charge is 2.19. The number of hydrogen-bond acceptors (Lipinski definition) is 4. The molecule has 0 aliphatic rings. The van der Waals surface area contributed by atoms with Crippen molar-refractivity contribution in [3.8, 4) is 0 Å². The predicted octanol–water partition coefficient (Wildman–Crippen LogP) is 1.67. The van der Waals surface area contributed by atoms with E-state index in [9.17, 15) is 4.79 Å². The normalized spacial score (nSPS) is 12.5. The molecular formula is C13H18N4OS. The molecule has 0 saturated heterocycles. The van der Waals surface area contributed by atoms with Gasteiger partial charge in [-0.3, -0.25) is 14.8 Å². The van der Waals surface area contributed by atoms with Crippen LogP contribution in [0.3, 0.4) is 0 Å². The van der Waals surface area contributed by atoms with E-state index in [-0.39, 0.29) is 5.91 Å². The second-order valence-electron chi connectivity index (χ2n) is 4.33. The first kappa shape index (κ1) is 13.8. The second-order valence-corrected chi connectivity index (χ2v) is 5.36. The van der Waals surface area contributed by atoms with E-state index < -0.39 is 6.04 Å². The lowest BCUT2D eigenvalue weighted by Gasteiger charge is -2.12. The zero-order valence-electron chi connectivity index (χ0n) is 10.9. The lowest BCUT2D eigenvalue weighted by atomic mass is 10.1. The highest BCUT2D eigenvalue weighted by Crippen LogP contribution is 2.15. The Hall–Kier alpha value is -1.66. The molecule has 0 spiro atoms. The average molecular weight is 278 g/mol. The van der Waals surface area contributed by atoms with Gasteiger partial charge in [0.05, 0.1) is 6.20 Å². The van der Waals surface area contributed by atoms with E-state index >= 15 is 0 Å². The topological polar surface area (TPSA) is 72.9 Å². The number of thiophene rings is 1. The summed E-state index contributed by atoms with van der Waals surface area (Å²) in [6.45, 7) is 3.56. The summed E-state index contributed by atoms with van der Waals surface area (Å²) in [5, 5.41) is 9.41. The Morgan fingerprint density at radius 3 is 3.11 bits per heavy atom. The Morgan fingerprint density at radius 1 is 1.63 bits per heavy atom. The van der Waals surface area contributed by atoms with Crippen molar-refractivity contribution in [2.45, 2.75) is 32.5 Å². The first-order chi connectivity index (χ1) is 9.20. The first-order valence-electron chi connectivity index (χ1n) is 6.28. The summed E-state index contributed by atoms with van der Waals surface area (Å²) in [7, 11) is 0. The molecule has 1 atom stereocenters. The third kappa shape index (κ3) is 3.65. The summed E-state index contributed by atoms with van der Waals surface area (Å²) in [5.41, 5.74) is 6.27. The van der Waals surface area contributed by atoms with Crippen LogP contribution >= 0.6 is 11.3 Å². The zero-order chi connectivity index (χ0) is 13.7. The summed E-state index contributed by atoms with van der Waals surface area (Å²) in [6, 6.07) is 3.52. The minimum atomic E-state index is -0.493. The van der Waals surface area contributed by atoms with Crippen molar-refractivity contribution in [3.63, 3.8) is 0 Å². The van der Waals surface area contributed by atoms with Crippen LogP contribution in [0.2, 0.25) is 0 Å². The number of amides is 1. The van der Waals surface area contributed by atoms with Gasteiger partial charge < -0.3 is 5.73 Å². The quantitative estimate of drug-likeness (QED) is 0.809. The maximum atomic E-state index is 11.6. The van der Waals surface area contributed by atoms with E-state index in [0.29, 0.717) is 6.54 Å². The van der Waals surface area contributed by atoms with E-state index in [2.05, 4.69) is 17.3 Å². The van der Waals surface area contributed by atoms with Crippen molar-refractivity contribution in [2.24, 2.45) is 5.73 Å². The molecule has 0 aliphatic heterocycles. The Bertz CT molecular complexity index is 520. The van der Waals surface area contributed by atoms with Crippen LogP contribution in [0.5, 0.6) is 0 Å². The van der Waals surface area contributed by atoms with Gasteiger partial charge in [0, 0.05) is 29.7 Å². The number of aryl methyl sites for hydroxylation is 1. The molecule has 0 aliphatic carbocycles. The summed E-state index contributed by atoms with van der Waals surface area (Å²) in [4.78, 5) is 12.7. The summed E-state index contributed by atoms with van der Waals surface area (Å²) >= 11 is 1.65. The van der Waals surface area contributed by atoms with Crippen molar-refractivity contribution in [3.05, 3.63) is 40.3 Å². The van der Waals surface area contributed by atoms with Crippen molar-refractivity contribution >= 4 is 17.2 Å². The monoisotopic (exact) mass is 278 g/mol. The zero-order valence-corrected chi connectivity index (χ0v) is 11.7. The molecule has 0 aromatic carbocycles. The van der Waals surface area contributed by atoms with Gasteiger partial charge in [-0.25, -0.2) is 0 Å². The molecule has 2 heterocycles. The van der Waals surface area contributed by atoms with Gasteiger partial charge in [-0.2, -0.15) is 5.10 Å². The number of rotatable bonds is 7. The lowest BCUT2D eigenvalue weighted by Crippen LogP contribution is -2.32. The van der Waals surface area contributed by atoms with Crippen LogP contribution in [0.1, 0.15) is 29.8 Å². The number of primary amides is 1. The molecule has 2 aromatic rings. The van der Waals surface area contributed by atoms with Gasteiger partial charge >= 0.3 is 0 Å². The Morgan fingerprint density at radius 2 is 2.47 bits per heavy atom. The molecule has 1 amide bonds. The fraction of sp³-hybridized carbons (Fsp3) is 0.385. The number of nitrogens with one attached hydrogen (secondary N) is 1. The van der Waals surface area contributed by atoms with Gasteiger partial charge in [0.15, 0.2) is 0 Å². The van der Waals surface area contributed by atoms with Crippen molar-refractivity contribution in [1.29, 1.82) is 0 Å². The van der Waals surface area contributed by atoms with Gasteiger partial charge in [0.1, 0.15) is 6.04 Å².